The summed E-state index contributed by atoms with van der Waals surface area (Å²) in [6, 6.07) is 21.6. The van der Waals surface area contributed by atoms with Crippen molar-refractivity contribution < 1.29 is 22.4 Å². The van der Waals surface area contributed by atoms with Crippen LogP contribution in [0.2, 0.25) is 0 Å². The third-order valence-corrected chi connectivity index (χ3v) is 6.52. The van der Waals surface area contributed by atoms with Crippen molar-refractivity contribution in [1.29, 1.82) is 0 Å². The summed E-state index contributed by atoms with van der Waals surface area (Å²) in [7, 11) is -3.66. The first-order valence-corrected chi connectivity index (χ1v) is 11.2. The first kappa shape index (κ1) is 20.0. The summed E-state index contributed by atoms with van der Waals surface area (Å²) in [5.41, 5.74) is 1.36. The van der Waals surface area contributed by atoms with E-state index in [1.807, 2.05) is 30.3 Å². The minimum Gasteiger partial charge on any atom is -0.486 e. The molecular weight excluding hydrogens is 402 g/mol. The van der Waals surface area contributed by atoms with E-state index in [-0.39, 0.29) is 36.1 Å². The number of rotatable bonds is 6. The molecule has 0 N–H and O–H groups in total. The second kappa shape index (κ2) is 8.59. The zero-order chi connectivity index (χ0) is 21.0. The number of carbonyl (C=O) groups is 1. The maximum atomic E-state index is 13.5. The van der Waals surface area contributed by atoms with Gasteiger partial charge in [0.15, 0.2) is 9.84 Å². The maximum Gasteiger partial charge on any atom is 0.291 e. The first-order chi connectivity index (χ1) is 14.5. The van der Waals surface area contributed by atoms with Gasteiger partial charge in [-0.25, -0.2) is 8.42 Å². The largest absolute Gasteiger partial charge is 0.486 e. The van der Waals surface area contributed by atoms with E-state index in [4.69, 9.17) is 9.15 Å². The lowest BCUT2D eigenvalue weighted by Crippen LogP contribution is -2.35. The Morgan fingerprint density at radius 1 is 0.900 bits per heavy atom. The van der Waals surface area contributed by atoms with Crippen LogP contribution in [0.25, 0.3) is 4.91 Å². The van der Waals surface area contributed by atoms with E-state index in [0.29, 0.717) is 11.3 Å². The van der Waals surface area contributed by atoms with Gasteiger partial charge in [-0.15, -0.1) is 0 Å². The van der Waals surface area contributed by atoms with Crippen LogP contribution in [-0.2, 0) is 32.5 Å². The summed E-state index contributed by atoms with van der Waals surface area (Å²) in [5, 5.41) is 0. The van der Waals surface area contributed by atoms with Crippen LogP contribution in [0.5, 0.6) is 0 Å². The van der Waals surface area contributed by atoms with Gasteiger partial charge in [0.05, 0.1) is 18.6 Å². The Morgan fingerprint density at radius 3 is 2.27 bits per heavy atom. The van der Waals surface area contributed by atoms with E-state index in [9.17, 15) is 13.2 Å². The van der Waals surface area contributed by atoms with Crippen molar-refractivity contribution in [3.8, 4) is 0 Å². The predicted octanol–water partition coefficient (Wildman–Crippen LogP) is 3.62. The Kier molecular flexibility index (Phi) is 5.72. The van der Waals surface area contributed by atoms with Gasteiger partial charge in [0.2, 0.25) is 5.76 Å². The van der Waals surface area contributed by atoms with Gasteiger partial charge in [-0.1, -0.05) is 60.7 Å². The number of hydrogen-bond acceptors (Lipinski definition) is 5. The van der Waals surface area contributed by atoms with Gasteiger partial charge in [0.25, 0.3) is 5.91 Å². The monoisotopic (exact) mass is 423 g/mol. The molecule has 0 unspecified atom stereocenters. The molecule has 1 aromatic heterocycles. The number of sulfone groups is 1. The smallest absolute Gasteiger partial charge is 0.291 e. The summed E-state index contributed by atoms with van der Waals surface area (Å²) in [6.45, 7) is 0.421. The Labute approximate surface area is 175 Å². The summed E-state index contributed by atoms with van der Waals surface area (Å²) >= 11 is 0. The third-order valence-electron chi connectivity index (χ3n) is 4.78. The van der Waals surface area contributed by atoms with Gasteiger partial charge in [-0.3, -0.25) is 4.79 Å². The number of nitrogens with zero attached hydrogens (tertiary/aromatic N) is 1. The maximum absolute atomic E-state index is 13.5. The van der Waals surface area contributed by atoms with E-state index in [1.54, 1.807) is 42.5 Å². The fraction of sp³-hybridized carbons (Fsp3) is 0.174. The van der Waals surface area contributed by atoms with Crippen molar-refractivity contribution in [2.24, 2.45) is 0 Å². The molecule has 0 bridgehead atoms. The Hall–Kier alpha value is -3.32. The minimum absolute atomic E-state index is 0.0559. The van der Waals surface area contributed by atoms with E-state index >= 15 is 0 Å². The van der Waals surface area contributed by atoms with Crippen LogP contribution in [-0.4, -0.2) is 31.6 Å². The Bertz CT molecular complexity index is 1140. The van der Waals surface area contributed by atoms with E-state index in [2.05, 4.69) is 0 Å². The van der Waals surface area contributed by atoms with Crippen molar-refractivity contribution in [2.45, 2.75) is 13.1 Å². The number of amides is 1. The number of benzene rings is 2. The van der Waals surface area contributed by atoms with Gasteiger partial charge >= 0.3 is 0 Å². The van der Waals surface area contributed by atoms with Crippen molar-refractivity contribution in [3.05, 3.63) is 102 Å². The highest BCUT2D eigenvalue weighted by molar-refractivity contribution is 8.00. The highest BCUT2D eigenvalue weighted by Gasteiger charge is 2.35. The van der Waals surface area contributed by atoms with Crippen LogP contribution in [0.4, 0.5) is 0 Å². The zero-order valence-electron chi connectivity index (χ0n) is 16.2. The van der Waals surface area contributed by atoms with Gasteiger partial charge in [-0.05, 0) is 23.3 Å². The highest BCUT2D eigenvalue weighted by atomic mass is 32.2. The molecule has 30 heavy (non-hydrogen) atoms. The summed E-state index contributed by atoms with van der Waals surface area (Å²) < 4.78 is 36.8. The minimum atomic E-state index is -3.66. The van der Waals surface area contributed by atoms with Gasteiger partial charge < -0.3 is 14.1 Å². The summed E-state index contributed by atoms with van der Waals surface area (Å²) in [5.74, 6) is -0.197. The molecule has 2 heterocycles. The lowest BCUT2D eigenvalue weighted by atomic mass is 10.1. The highest BCUT2D eigenvalue weighted by Crippen LogP contribution is 2.31. The third kappa shape index (κ3) is 4.31. The molecule has 0 spiro atoms. The molecule has 0 atom stereocenters. The molecule has 3 aromatic rings. The van der Waals surface area contributed by atoms with Crippen LogP contribution in [0, 0.1) is 0 Å². The molecule has 2 aromatic carbocycles. The fourth-order valence-corrected chi connectivity index (χ4v) is 4.79. The number of ether oxygens (including phenoxy) is 1. The van der Waals surface area contributed by atoms with Crippen LogP contribution in [0.15, 0.2) is 89.2 Å². The molecule has 0 saturated carbocycles. The summed E-state index contributed by atoms with van der Waals surface area (Å²) in [6.07, 6.45) is 1.54. The topological polar surface area (TPSA) is 76.8 Å². The molecule has 6 nitrogen and oxygen atoms in total. The molecule has 1 aliphatic rings. The van der Waals surface area contributed by atoms with Crippen LogP contribution < -0.4 is 0 Å². The summed E-state index contributed by atoms with van der Waals surface area (Å²) in [4.78, 5) is 15.0. The Morgan fingerprint density at radius 2 is 1.60 bits per heavy atom. The van der Waals surface area contributed by atoms with E-state index in [1.165, 1.54) is 11.2 Å². The average molecular weight is 423 g/mol. The lowest BCUT2D eigenvalue weighted by molar-refractivity contribution is -0.132. The molecule has 7 heteroatoms. The second-order valence-electron chi connectivity index (χ2n) is 6.92. The standard InChI is InChI=1S/C23H21NO5S/c25-23(21-22(19-10-5-2-6-11-19)30(26,27)15-14-29-21)24(17-20-12-7-13-28-20)16-18-8-3-1-4-9-18/h1-13H,14-17H2. The predicted molar refractivity (Wildman–Crippen MR) is 113 cm³/mol. The van der Waals surface area contributed by atoms with Crippen LogP contribution in [0.3, 0.4) is 0 Å². The van der Waals surface area contributed by atoms with Crippen LogP contribution in [0.1, 0.15) is 16.9 Å². The molecule has 0 aliphatic carbocycles. The SMILES string of the molecule is O=C(C1=C(c2ccccc2)S(=O)(=O)CCO1)N(Cc1ccccc1)Cc1ccco1. The quantitative estimate of drug-likeness (QED) is 0.605. The van der Waals surface area contributed by atoms with E-state index < -0.39 is 15.7 Å². The van der Waals surface area contributed by atoms with Gasteiger partial charge in [0, 0.05) is 6.54 Å². The first-order valence-electron chi connectivity index (χ1n) is 9.55. The molecule has 0 radical (unpaired) electrons. The molecule has 0 saturated heterocycles. The molecular formula is C23H21NO5S. The van der Waals surface area contributed by atoms with Crippen molar-refractivity contribution in [2.75, 3.05) is 12.4 Å². The molecule has 1 amide bonds. The van der Waals surface area contributed by atoms with E-state index in [0.717, 1.165) is 5.56 Å². The molecule has 154 valence electrons. The molecule has 0 fully saturated rings. The normalized spacial score (nSPS) is 15.5. The Balaban J connectivity index is 1.77. The van der Waals surface area contributed by atoms with Gasteiger partial charge in [-0.2, -0.15) is 0 Å². The van der Waals surface area contributed by atoms with Crippen molar-refractivity contribution in [3.63, 3.8) is 0 Å². The number of hydrogen-bond donors (Lipinski definition) is 0. The number of carbonyl (C=O) groups excluding carboxylic acids is 1. The molecule has 1 aliphatic heterocycles. The fourth-order valence-electron chi connectivity index (χ4n) is 3.36. The van der Waals surface area contributed by atoms with Crippen molar-refractivity contribution in [1.82, 2.24) is 4.90 Å². The number of furan rings is 1. The lowest BCUT2D eigenvalue weighted by Gasteiger charge is -2.27. The zero-order valence-corrected chi connectivity index (χ0v) is 17.0. The van der Waals surface area contributed by atoms with Crippen molar-refractivity contribution >= 4 is 20.6 Å². The average Bonchev–Trinajstić information content (AvgIpc) is 3.26. The van der Waals surface area contributed by atoms with Crippen LogP contribution >= 0.6 is 0 Å². The van der Waals surface area contributed by atoms with Gasteiger partial charge in [0.1, 0.15) is 17.3 Å². The molecule has 4 rings (SSSR count). The second-order valence-corrected chi connectivity index (χ2v) is 8.96.